The van der Waals surface area contributed by atoms with Crippen molar-refractivity contribution in [2.45, 2.75) is 20.5 Å². The first kappa shape index (κ1) is 14.1. The van der Waals surface area contributed by atoms with E-state index in [0.29, 0.717) is 11.1 Å². The first-order valence-electron chi connectivity index (χ1n) is 6.24. The molecule has 0 saturated carbocycles. The fourth-order valence-corrected chi connectivity index (χ4v) is 2.19. The molecule has 2 rings (SSSR count). The molecule has 0 amide bonds. The number of hydrogen-bond donors (Lipinski definition) is 1. The van der Waals surface area contributed by atoms with Crippen molar-refractivity contribution in [1.82, 2.24) is 10.2 Å². The van der Waals surface area contributed by atoms with Crippen molar-refractivity contribution in [3.8, 4) is 0 Å². The Morgan fingerprint density at radius 3 is 2.80 bits per heavy atom. The van der Waals surface area contributed by atoms with Crippen LogP contribution in [-0.2, 0) is 11.3 Å². The second-order valence-corrected chi connectivity index (χ2v) is 4.54. The van der Waals surface area contributed by atoms with Crippen molar-refractivity contribution in [1.29, 1.82) is 0 Å². The van der Waals surface area contributed by atoms with Gasteiger partial charge in [0.2, 0.25) is 0 Å². The Bertz CT molecular complexity index is 680. The second-order valence-electron chi connectivity index (χ2n) is 4.54. The zero-order valence-corrected chi connectivity index (χ0v) is 11.5. The summed E-state index contributed by atoms with van der Waals surface area (Å²) in [6.45, 7) is 7.23. The predicted octanol–water partition coefficient (Wildman–Crippen LogP) is 2.08. The minimum Gasteiger partial charge on any atom is -0.457 e. The summed E-state index contributed by atoms with van der Waals surface area (Å²) in [6, 6.07) is 3.84. The van der Waals surface area contributed by atoms with Crippen LogP contribution in [0.5, 0.6) is 0 Å². The highest BCUT2D eigenvalue weighted by molar-refractivity contribution is 6.04. The maximum Gasteiger partial charge on any atom is 0.359 e. The average molecular weight is 272 g/mol. The highest BCUT2D eigenvalue weighted by Crippen LogP contribution is 2.25. The number of aromatic nitrogens is 2. The lowest BCUT2D eigenvalue weighted by Gasteiger charge is -2.11. The quantitative estimate of drug-likeness (QED) is 0.681. The number of benzene rings is 1. The van der Waals surface area contributed by atoms with E-state index >= 15 is 0 Å². The minimum absolute atomic E-state index is 0.120. The lowest BCUT2D eigenvalue weighted by atomic mass is 10.0. The number of carbonyl (C=O) groups excluding carboxylic acids is 1. The number of carbonyl (C=O) groups is 1. The van der Waals surface area contributed by atoms with E-state index in [1.165, 1.54) is 6.08 Å². The molecular formula is C15H16N2O3. The van der Waals surface area contributed by atoms with Gasteiger partial charge in [-0.1, -0.05) is 24.3 Å². The van der Waals surface area contributed by atoms with Gasteiger partial charge in [-0.15, -0.1) is 5.10 Å². The molecule has 20 heavy (non-hydrogen) atoms. The Morgan fingerprint density at radius 1 is 1.40 bits per heavy atom. The van der Waals surface area contributed by atoms with Crippen molar-refractivity contribution >= 4 is 16.7 Å². The van der Waals surface area contributed by atoms with E-state index in [0.717, 1.165) is 16.5 Å². The van der Waals surface area contributed by atoms with Crippen molar-refractivity contribution in [2.24, 2.45) is 0 Å². The van der Waals surface area contributed by atoms with Crippen molar-refractivity contribution in [3.63, 3.8) is 0 Å². The molecule has 5 heteroatoms. The summed E-state index contributed by atoms with van der Waals surface area (Å²) in [5.41, 5.74) is 2.54. The molecule has 0 spiro atoms. The summed E-state index contributed by atoms with van der Waals surface area (Å²) in [4.78, 5) is 12.0. The molecule has 2 aromatic rings. The smallest absolute Gasteiger partial charge is 0.359 e. The number of nitrogens with zero attached hydrogens (tertiary/aromatic N) is 2. The molecule has 1 aromatic carbocycles. The highest BCUT2D eigenvalue weighted by Gasteiger charge is 2.18. The van der Waals surface area contributed by atoms with E-state index in [9.17, 15) is 9.90 Å². The minimum atomic E-state index is -0.543. The van der Waals surface area contributed by atoms with Crippen LogP contribution < -0.4 is 0 Å². The summed E-state index contributed by atoms with van der Waals surface area (Å²) < 4.78 is 5.02. The van der Waals surface area contributed by atoms with Crippen molar-refractivity contribution < 1.29 is 14.6 Å². The number of aliphatic hydroxyl groups excluding tert-OH is 1. The molecule has 0 aliphatic heterocycles. The number of aryl methyl sites for hydroxylation is 2. The van der Waals surface area contributed by atoms with Gasteiger partial charge >= 0.3 is 5.97 Å². The molecule has 5 nitrogen and oxygen atoms in total. The van der Waals surface area contributed by atoms with Crippen LogP contribution in [0.3, 0.4) is 0 Å². The van der Waals surface area contributed by atoms with E-state index in [-0.39, 0.29) is 18.9 Å². The number of hydrogen-bond acceptors (Lipinski definition) is 5. The molecule has 0 bridgehead atoms. The maximum atomic E-state index is 12.0. The summed E-state index contributed by atoms with van der Waals surface area (Å²) in [6.07, 6.45) is 1.49. The summed E-state index contributed by atoms with van der Waals surface area (Å²) in [5, 5.41) is 18.6. The SMILES string of the molecule is C=CCOC(=O)c1nnc(CO)c2cc(C)cc(C)c12. The van der Waals surface area contributed by atoms with Crippen LogP contribution in [0, 0.1) is 13.8 Å². The van der Waals surface area contributed by atoms with E-state index in [1.807, 2.05) is 26.0 Å². The number of esters is 1. The fraction of sp³-hybridized carbons (Fsp3) is 0.267. The van der Waals surface area contributed by atoms with Crippen molar-refractivity contribution in [3.05, 3.63) is 47.3 Å². The standard InChI is InChI=1S/C15H16N2O3/c1-4-5-20-15(19)14-13-10(3)6-9(2)7-11(13)12(8-18)16-17-14/h4,6-7,18H,1,5,8H2,2-3H3. The van der Waals surface area contributed by atoms with Gasteiger partial charge in [0.15, 0.2) is 5.69 Å². The molecule has 104 valence electrons. The van der Waals surface area contributed by atoms with Crippen LogP contribution in [0.1, 0.15) is 27.3 Å². The van der Waals surface area contributed by atoms with Gasteiger partial charge in [-0.05, 0) is 25.5 Å². The first-order valence-corrected chi connectivity index (χ1v) is 6.24. The van der Waals surface area contributed by atoms with E-state index in [1.54, 1.807) is 0 Å². The zero-order chi connectivity index (χ0) is 14.7. The van der Waals surface area contributed by atoms with Gasteiger partial charge in [0, 0.05) is 10.8 Å². The summed E-state index contributed by atoms with van der Waals surface area (Å²) in [5.74, 6) is -0.543. The number of rotatable bonds is 4. The number of fused-ring (bicyclic) bond motifs is 1. The Kier molecular flexibility index (Phi) is 4.10. The third kappa shape index (κ3) is 2.53. The normalized spacial score (nSPS) is 10.6. The van der Waals surface area contributed by atoms with Crippen LogP contribution in [0.25, 0.3) is 10.8 Å². The van der Waals surface area contributed by atoms with Crippen LogP contribution >= 0.6 is 0 Å². The zero-order valence-electron chi connectivity index (χ0n) is 11.5. The third-order valence-electron chi connectivity index (χ3n) is 2.97. The topological polar surface area (TPSA) is 72.3 Å². The average Bonchev–Trinajstić information content (AvgIpc) is 2.43. The third-order valence-corrected chi connectivity index (χ3v) is 2.97. The molecule has 0 fully saturated rings. The van der Waals surface area contributed by atoms with Crippen LogP contribution in [-0.4, -0.2) is 27.9 Å². The molecule has 0 atom stereocenters. The Morgan fingerprint density at radius 2 is 2.15 bits per heavy atom. The van der Waals surface area contributed by atoms with Crippen LogP contribution in [0.4, 0.5) is 0 Å². The Balaban J connectivity index is 2.68. The van der Waals surface area contributed by atoms with Gasteiger partial charge in [0.25, 0.3) is 0 Å². The first-order chi connectivity index (χ1) is 9.58. The summed E-state index contributed by atoms with van der Waals surface area (Å²) in [7, 11) is 0. The molecule has 0 aliphatic carbocycles. The predicted molar refractivity (Wildman–Crippen MR) is 75.4 cm³/mol. The van der Waals surface area contributed by atoms with Gasteiger partial charge in [-0.2, -0.15) is 5.10 Å². The second kappa shape index (κ2) is 5.79. The molecular weight excluding hydrogens is 256 g/mol. The summed E-state index contributed by atoms with van der Waals surface area (Å²) >= 11 is 0. The molecule has 0 radical (unpaired) electrons. The number of ether oxygens (including phenoxy) is 1. The Labute approximate surface area is 116 Å². The van der Waals surface area contributed by atoms with Gasteiger partial charge < -0.3 is 9.84 Å². The molecule has 0 unspecified atom stereocenters. The lowest BCUT2D eigenvalue weighted by Crippen LogP contribution is -2.11. The molecule has 0 aliphatic rings. The largest absolute Gasteiger partial charge is 0.457 e. The highest BCUT2D eigenvalue weighted by atomic mass is 16.5. The van der Waals surface area contributed by atoms with Crippen molar-refractivity contribution in [2.75, 3.05) is 6.61 Å². The van der Waals surface area contributed by atoms with E-state index in [4.69, 9.17) is 4.74 Å². The Hall–Kier alpha value is -2.27. The van der Waals surface area contributed by atoms with Gasteiger partial charge in [0.1, 0.15) is 6.61 Å². The monoisotopic (exact) mass is 272 g/mol. The van der Waals surface area contributed by atoms with Crippen LogP contribution in [0.2, 0.25) is 0 Å². The molecule has 1 N–H and O–H groups in total. The van der Waals surface area contributed by atoms with Gasteiger partial charge in [-0.25, -0.2) is 4.79 Å². The van der Waals surface area contributed by atoms with E-state index < -0.39 is 5.97 Å². The maximum absolute atomic E-state index is 12.0. The molecule has 1 aromatic heterocycles. The van der Waals surface area contributed by atoms with E-state index in [2.05, 4.69) is 16.8 Å². The number of aliphatic hydroxyl groups is 1. The molecule has 1 heterocycles. The van der Waals surface area contributed by atoms with Gasteiger partial charge in [-0.3, -0.25) is 0 Å². The lowest BCUT2D eigenvalue weighted by molar-refractivity contribution is 0.0544. The molecule has 0 saturated heterocycles. The van der Waals surface area contributed by atoms with Gasteiger partial charge in [0.05, 0.1) is 12.3 Å². The van der Waals surface area contributed by atoms with Crippen LogP contribution in [0.15, 0.2) is 24.8 Å². The fourth-order valence-electron chi connectivity index (χ4n) is 2.19.